The summed E-state index contributed by atoms with van der Waals surface area (Å²) < 4.78 is 5.79. The van der Waals surface area contributed by atoms with Crippen LogP contribution in [0.5, 0.6) is 17.2 Å². The number of phenols is 1. The van der Waals surface area contributed by atoms with Crippen LogP contribution in [-0.2, 0) is 4.79 Å². The number of ether oxygens (including phenoxy) is 1. The van der Waals surface area contributed by atoms with Gasteiger partial charge < -0.3 is 20.1 Å². The van der Waals surface area contributed by atoms with E-state index in [-0.39, 0.29) is 17.7 Å². The molecule has 1 unspecified atom stereocenters. The number of piperazine rings is 1. The van der Waals surface area contributed by atoms with Gasteiger partial charge in [-0.15, -0.1) is 0 Å². The summed E-state index contributed by atoms with van der Waals surface area (Å²) in [5, 5.41) is 12.5. The lowest BCUT2D eigenvalue weighted by atomic mass is 10.2. The van der Waals surface area contributed by atoms with Crippen molar-refractivity contribution >= 4 is 17.3 Å². The van der Waals surface area contributed by atoms with Crippen molar-refractivity contribution in [3.63, 3.8) is 0 Å². The van der Waals surface area contributed by atoms with Crippen molar-refractivity contribution in [2.45, 2.75) is 13.0 Å². The van der Waals surface area contributed by atoms with E-state index in [1.54, 1.807) is 12.1 Å². The molecule has 31 heavy (non-hydrogen) atoms. The Morgan fingerprint density at radius 2 is 1.48 bits per heavy atom. The fourth-order valence-electron chi connectivity index (χ4n) is 3.67. The van der Waals surface area contributed by atoms with E-state index in [9.17, 15) is 9.90 Å². The van der Waals surface area contributed by atoms with Gasteiger partial charge in [0.2, 0.25) is 5.91 Å². The summed E-state index contributed by atoms with van der Waals surface area (Å²) in [6.07, 6.45) is 0. The molecule has 1 atom stereocenters. The Kier molecular flexibility index (Phi) is 6.38. The maximum absolute atomic E-state index is 12.8. The number of hydrogen-bond acceptors (Lipinski definition) is 5. The second-order valence-corrected chi connectivity index (χ2v) is 7.64. The number of nitrogens with one attached hydrogen (secondary N) is 1. The molecule has 0 aliphatic carbocycles. The van der Waals surface area contributed by atoms with E-state index in [1.807, 2.05) is 73.7 Å². The maximum atomic E-state index is 12.8. The topological polar surface area (TPSA) is 65.0 Å². The van der Waals surface area contributed by atoms with Crippen LogP contribution in [0.1, 0.15) is 6.92 Å². The first kappa shape index (κ1) is 20.8. The molecular formula is C25H27N3O3. The Morgan fingerprint density at radius 1 is 0.871 bits per heavy atom. The van der Waals surface area contributed by atoms with Gasteiger partial charge in [0.1, 0.15) is 17.2 Å². The molecule has 3 aromatic carbocycles. The normalized spacial score (nSPS) is 15.3. The molecule has 0 bridgehead atoms. The second kappa shape index (κ2) is 9.53. The summed E-state index contributed by atoms with van der Waals surface area (Å²) in [5.74, 6) is 1.75. The zero-order valence-electron chi connectivity index (χ0n) is 17.6. The summed E-state index contributed by atoms with van der Waals surface area (Å²) in [5.41, 5.74) is 1.84. The van der Waals surface area contributed by atoms with Crippen LogP contribution in [-0.4, -0.2) is 48.1 Å². The highest BCUT2D eigenvalue weighted by molar-refractivity contribution is 5.94. The SMILES string of the molecule is CC(C(=O)Nc1ccc(Oc2ccccc2)cc1)N1CCN(c2ccc(O)cc2)CC1. The zero-order valence-corrected chi connectivity index (χ0v) is 17.6. The number of anilines is 2. The number of benzene rings is 3. The molecule has 6 nitrogen and oxygen atoms in total. The molecule has 0 spiro atoms. The number of carbonyl (C=O) groups is 1. The van der Waals surface area contributed by atoms with Crippen molar-refractivity contribution in [1.29, 1.82) is 0 Å². The van der Waals surface area contributed by atoms with E-state index < -0.39 is 0 Å². The largest absolute Gasteiger partial charge is 0.508 e. The lowest BCUT2D eigenvalue weighted by Gasteiger charge is -2.38. The Labute approximate surface area is 182 Å². The molecule has 2 N–H and O–H groups in total. The minimum Gasteiger partial charge on any atom is -0.508 e. The van der Waals surface area contributed by atoms with Gasteiger partial charge in [-0.25, -0.2) is 0 Å². The summed E-state index contributed by atoms with van der Waals surface area (Å²) in [7, 11) is 0. The molecule has 1 saturated heterocycles. The maximum Gasteiger partial charge on any atom is 0.241 e. The molecule has 0 saturated carbocycles. The molecule has 3 aromatic rings. The predicted molar refractivity (Wildman–Crippen MR) is 123 cm³/mol. The van der Waals surface area contributed by atoms with Gasteiger partial charge in [-0.05, 0) is 67.6 Å². The Morgan fingerprint density at radius 3 is 2.13 bits per heavy atom. The number of para-hydroxylation sites is 1. The van der Waals surface area contributed by atoms with Crippen LogP contribution in [0.15, 0.2) is 78.9 Å². The zero-order chi connectivity index (χ0) is 21.6. The highest BCUT2D eigenvalue weighted by Crippen LogP contribution is 2.23. The first-order valence-corrected chi connectivity index (χ1v) is 10.5. The number of amides is 1. The molecule has 1 heterocycles. The number of phenolic OH excluding ortho intramolecular Hbond substituents is 1. The fraction of sp³-hybridized carbons (Fsp3) is 0.240. The molecule has 1 fully saturated rings. The average Bonchev–Trinajstić information content (AvgIpc) is 2.81. The molecule has 1 aliphatic rings. The van der Waals surface area contributed by atoms with Gasteiger partial charge in [0.05, 0.1) is 6.04 Å². The number of aromatic hydroxyl groups is 1. The van der Waals surface area contributed by atoms with Crippen LogP contribution in [0, 0.1) is 0 Å². The van der Waals surface area contributed by atoms with Crippen LogP contribution in [0.4, 0.5) is 11.4 Å². The van der Waals surface area contributed by atoms with Gasteiger partial charge in [-0.3, -0.25) is 9.69 Å². The van der Waals surface area contributed by atoms with E-state index in [0.717, 1.165) is 49.1 Å². The molecule has 1 amide bonds. The van der Waals surface area contributed by atoms with Crippen molar-refractivity contribution in [3.05, 3.63) is 78.9 Å². The van der Waals surface area contributed by atoms with Gasteiger partial charge in [0.25, 0.3) is 0 Å². The van der Waals surface area contributed by atoms with Gasteiger partial charge >= 0.3 is 0 Å². The number of hydrogen-bond donors (Lipinski definition) is 2. The first-order valence-electron chi connectivity index (χ1n) is 10.5. The Balaban J connectivity index is 1.28. The molecule has 0 radical (unpaired) electrons. The number of carbonyl (C=O) groups excluding carboxylic acids is 1. The summed E-state index contributed by atoms with van der Waals surface area (Å²) in [6, 6.07) is 24.0. The monoisotopic (exact) mass is 417 g/mol. The molecule has 6 heteroatoms. The average molecular weight is 418 g/mol. The smallest absolute Gasteiger partial charge is 0.241 e. The molecule has 160 valence electrons. The summed E-state index contributed by atoms with van der Waals surface area (Å²) >= 11 is 0. The Bertz CT molecular complexity index is 983. The van der Waals surface area contributed by atoms with Gasteiger partial charge in [-0.2, -0.15) is 0 Å². The predicted octanol–water partition coefficient (Wildman–Crippen LogP) is 4.33. The van der Waals surface area contributed by atoms with Gasteiger partial charge in [-0.1, -0.05) is 18.2 Å². The van der Waals surface area contributed by atoms with Crippen LogP contribution in [0.2, 0.25) is 0 Å². The number of rotatable bonds is 6. The van der Waals surface area contributed by atoms with Crippen LogP contribution in [0.3, 0.4) is 0 Å². The highest BCUT2D eigenvalue weighted by atomic mass is 16.5. The quantitative estimate of drug-likeness (QED) is 0.625. The lowest BCUT2D eigenvalue weighted by molar-refractivity contribution is -0.120. The van der Waals surface area contributed by atoms with E-state index in [2.05, 4.69) is 15.1 Å². The van der Waals surface area contributed by atoms with Crippen LogP contribution < -0.4 is 15.0 Å². The molecule has 0 aromatic heterocycles. The van der Waals surface area contributed by atoms with Crippen molar-refractivity contribution < 1.29 is 14.6 Å². The van der Waals surface area contributed by atoms with E-state index in [0.29, 0.717) is 0 Å². The Hall–Kier alpha value is -3.51. The third-order valence-corrected chi connectivity index (χ3v) is 5.56. The van der Waals surface area contributed by atoms with E-state index in [1.165, 1.54) is 0 Å². The highest BCUT2D eigenvalue weighted by Gasteiger charge is 2.25. The standard InChI is InChI=1S/C25H27N3O3/c1-19(27-15-17-28(18-16-27)21-9-11-22(29)12-10-21)25(30)26-20-7-13-24(14-8-20)31-23-5-3-2-4-6-23/h2-14,19,29H,15-18H2,1H3,(H,26,30). The second-order valence-electron chi connectivity index (χ2n) is 7.64. The van der Waals surface area contributed by atoms with Crippen molar-refractivity contribution in [3.8, 4) is 17.2 Å². The third kappa shape index (κ3) is 5.35. The third-order valence-electron chi connectivity index (χ3n) is 5.56. The van der Waals surface area contributed by atoms with Crippen molar-refractivity contribution in [1.82, 2.24) is 4.90 Å². The van der Waals surface area contributed by atoms with Crippen LogP contribution in [0.25, 0.3) is 0 Å². The minimum atomic E-state index is -0.220. The molecule has 1 aliphatic heterocycles. The van der Waals surface area contributed by atoms with Crippen molar-refractivity contribution in [2.75, 3.05) is 36.4 Å². The number of nitrogens with zero attached hydrogens (tertiary/aromatic N) is 2. The van der Waals surface area contributed by atoms with Crippen LogP contribution >= 0.6 is 0 Å². The minimum absolute atomic E-state index is 0.0187. The van der Waals surface area contributed by atoms with Gasteiger partial charge in [0.15, 0.2) is 0 Å². The first-order chi connectivity index (χ1) is 15.1. The summed E-state index contributed by atoms with van der Waals surface area (Å²) in [4.78, 5) is 17.2. The van der Waals surface area contributed by atoms with E-state index in [4.69, 9.17) is 4.74 Å². The molecule has 4 rings (SSSR count). The van der Waals surface area contributed by atoms with E-state index >= 15 is 0 Å². The summed E-state index contributed by atoms with van der Waals surface area (Å²) in [6.45, 7) is 5.24. The lowest BCUT2D eigenvalue weighted by Crippen LogP contribution is -2.52. The van der Waals surface area contributed by atoms with Gasteiger partial charge in [0, 0.05) is 37.6 Å². The van der Waals surface area contributed by atoms with Crippen molar-refractivity contribution in [2.24, 2.45) is 0 Å². The molecular weight excluding hydrogens is 390 g/mol. The fourth-order valence-corrected chi connectivity index (χ4v) is 3.67.